The zero-order chi connectivity index (χ0) is 19.2. The molecule has 0 spiro atoms. The highest BCUT2D eigenvalue weighted by Crippen LogP contribution is 2.32. The Labute approximate surface area is 159 Å². The molecule has 0 aromatic heterocycles. The molecule has 6 nitrogen and oxygen atoms in total. The number of nitrogens with zero attached hydrogens (tertiary/aromatic N) is 2. The Morgan fingerprint density at radius 1 is 1.15 bits per heavy atom. The van der Waals surface area contributed by atoms with E-state index in [1.807, 2.05) is 12.1 Å². The lowest BCUT2D eigenvalue weighted by Gasteiger charge is -2.35. The topological polar surface area (TPSA) is 83.7 Å². The average Bonchev–Trinajstić information content (AvgIpc) is 3.04. The van der Waals surface area contributed by atoms with Gasteiger partial charge in [0, 0.05) is 24.5 Å². The van der Waals surface area contributed by atoms with Crippen LogP contribution < -0.4 is 14.9 Å². The third kappa shape index (κ3) is 3.44. The molecule has 1 atom stereocenters. The number of para-hydroxylation sites is 1. The zero-order valence-corrected chi connectivity index (χ0v) is 16.1. The van der Waals surface area contributed by atoms with Crippen LogP contribution in [0.4, 0.5) is 11.4 Å². The van der Waals surface area contributed by atoms with E-state index in [1.54, 1.807) is 17.0 Å². The molecule has 0 bridgehead atoms. The van der Waals surface area contributed by atoms with E-state index in [0.29, 0.717) is 25.4 Å². The van der Waals surface area contributed by atoms with Gasteiger partial charge in [0.15, 0.2) is 0 Å². The summed E-state index contributed by atoms with van der Waals surface area (Å²) in [6.45, 7) is 3.94. The van der Waals surface area contributed by atoms with Crippen LogP contribution in [0, 0.1) is 5.92 Å². The molecule has 0 fully saturated rings. The second-order valence-electron chi connectivity index (χ2n) is 7.45. The van der Waals surface area contributed by atoms with Crippen LogP contribution in [0.3, 0.4) is 0 Å². The highest BCUT2D eigenvalue weighted by atomic mass is 32.2. The number of hydrogen-bond donors (Lipinski definition) is 1. The first-order valence-electron chi connectivity index (χ1n) is 9.12. The number of hydrogen-bond acceptors (Lipinski definition) is 4. The molecule has 2 aliphatic rings. The number of benzene rings is 2. The van der Waals surface area contributed by atoms with Gasteiger partial charge in [0.1, 0.15) is 0 Å². The second-order valence-corrected chi connectivity index (χ2v) is 9.01. The predicted molar refractivity (Wildman–Crippen MR) is 105 cm³/mol. The predicted octanol–water partition coefficient (Wildman–Crippen LogP) is 1.92. The molecule has 4 rings (SSSR count). The SMILES string of the molecule is CC1Cc2ccccc2N(CC(=O)N2CCc3cc(S(N)(=O)=O)ccc32)C1. The van der Waals surface area contributed by atoms with Gasteiger partial charge >= 0.3 is 0 Å². The fourth-order valence-electron chi connectivity index (χ4n) is 4.12. The number of carbonyl (C=O) groups is 1. The number of amides is 1. The number of fused-ring (bicyclic) bond motifs is 2. The molecule has 0 saturated carbocycles. The van der Waals surface area contributed by atoms with E-state index in [0.717, 1.165) is 29.9 Å². The van der Waals surface area contributed by atoms with Crippen LogP contribution in [0.5, 0.6) is 0 Å². The maximum atomic E-state index is 13.0. The fraction of sp³-hybridized carbons (Fsp3) is 0.350. The lowest BCUT2D eigenvalue weighted by molar-refractivity contribution is -0.117. The van der Waals surface area contributed by atoms with Crippen LogP contribution in [-0.2, 0) is 27.7 Å². The third-order valence-corrected chi connectivity index (χ3v) is 6.25. The van der Waals surface area contributed by atoms with Crippen LogP contribution in [0.25, 0.3) is 0 Å². The average molecular weight is 385 g/mol. The first-order chi connectivity index (χ1) is 12.8. The van der Waals surface area contributed by atoms with Gasteiger partial charge in [0.25, 0.3) is 0 Å². The molecule has 0 radical (unpaired) electrons. The summed E-state index contributed by atoms with van der Waals surface area (Å²) in [5.41, 5.74) is 4.05. The van der Waals surface area contributed by atoms with Crippen molar-refractivity contribution < 1.29 is 13.2 Å². The molecule has 2 aromatic carbocycles. The minimum absolute atomic E-state index is 0.0287. The van der Waals surface area contributed by atoms with Crippen LogP contribution in [-0.4, -0.2) is 34.0 Å². The largest absolute Gasteiger partial charge is 0.362 e. The number of primary sulfonamides is 1. The summed E-state index contributed by atoms with van der Waals surface area (Å²) < 4.78 is 23.1. The van der Waals surface area contributed by atoms with E-state index in [1.165, 1.54) is 11.6 Å². The van der Waals surface area contributed by atoms with Gasteiger partial charge in [-0.05, 0) is 54.2 Å². The van der Waals surface area contributed by atoms with E-state index in [4.69, 9.17) is 5.14 Å². The maximum absolute atomic E-state index is 13.0. The summed E-state index contributed by atoms with van der Waals surface area (Å²) in [5.74, 6) is 0.525. The monoisotopic (exact) mass is 385 g/mol. The molecule has 2 aliphatic heterocycles. The summed E-state index contributed by atoms with van der Waals surface area (Å²) in [5, 5.41) is 5.21. The summed E-state index contributed by atoms with van der Waals surface area (Å²) in [4.78, 5) is 17.0. The number of anilines is 2. The van der Waals surface area contributed by atoms with Crippen LogP contribution in [0.15, 0.2) is 47.4 Å². The van der Waals surface area contributed by atoms with Gasteiger partial charge in [0.2, 0.25) is 15.9 Å². The molecule has 2 aromatic rings. The first kappa shape index (κ1) is 18.0. The standard InChI is InChI=1S/C20H23N3O3S/c1-14-10-15-4-2-3-5-18(15)22(12-14)13-20(24)23-9-8-16-11-17(27(21,25)26)6-7-19(16)23/h2-7,11,14H,8-10,12-13H2,1H3,(H2,21,25,26). The maximum Gasteiger partial charge on any atom is 0.246 e. The lowest BCUT2D eigenvalue weighted by Crippen LogP contribution is -2.43. The highest BCUT2D eigenvalue weighted by Gasteiger charge is 2.29. The zero-order valence-electron chi connectivity index (χ0n) is 15.3. The van der Waals surface area contributed by atoms with Crippen molar-refractivity contribution in [2.24, 2.45) is 11.1 Å². The Bertz CT molecular complexity index is 1000. The van der Waals surface area contributed by atoms with Gasteiger partial charge in [-0.2, -0.15) is 0 Å². The second kappa shape index (κ2) is 6.65. The molecule has 0 aliphatic carbocycles. The summed E-state index contributed by atoms with van der Waals surface area (Å²) in [7, 11) is -3.74. The molecule has 1 amide bonds. The highest BCUT2D eigenvalue weighted by molar-refractivity contribution is 7.89. The minimum atomic E-state index is -3.74. The van der Waals surface area contributed by atoms with Crippen molar-refractivity contribution in [3.05, 3.63) is 53.6 Å². The summed E-state index contributed by atoms with van der Waals surface area (Å²) in [6, 6.07) is 13.0. The molecule has 1 unspecified atom stereocenters. The summed E-state index contributed by atoms with van der Waals surface area (Å²) in [6.07, 6.45) is 1.67. The van der Waals surface area contributed by atoms with E-state index in [9.17, 15) is 13.2 Å². The quantitative estimate of drug-likeness (QED) is 0.875. The van der Waals surface area contributed by atoms with Crippen molar-refractivity contribution in [2.45, 2.75) is 24.7 Å². The van der Waals surface area contributed by atoms with Crippen molar-refractivity contribution in [3.8, 4) is 0 Å². The fourth-order valence-corrected chi connectivity index (χ4v) is 4.68. The Morgan fingerprint density at radius 2 is 1.93 bits per heavy atom. The van der Waals surface area contributed by atoms with E-state index in [2.05, 4.69) is 24.0 Å². The third-order valence-electron chi connectivity index (χ3n) is 5.33. The van der Waals surface area contributed by atoms with Crippen LogP contribution >= 0.6 is 0 Å². The Morgan fingerprint density at radius 3 is 2.70 bits per heavy atom. The van der Waals surface area contributed by atoms with E-state index >= 15 is 0 Å². The Balaban J connectivity index is 1.56. The minimum Gasteiger partial charge on any atom is -0.362 e. The Kier molecular flexibility index (Phi) is 4.44. The Hall–Kier alpha value is -2.38. The van der Waals surface area contributed by atoms with Crippen molar-refractivity contribution >= 4 is 27.3 Å². The number of nitrogens with two attached hydrogens (primary N) is 1. The van der Waals surface area contributed by atoms with Gasteiger partial charge in [0.05, 0.1) is 11.4 Å². The number of sulfonamides is 1. The molecule has 27 heavy (non-hydrogen) atoms. The van der Waals surface area contributed by atoms with Gasteiger partial charge in [-0.15, -0.1) is 0 Å². The van der Waals surface area contributed by atoms with Gasteiger partial charge in [-0.25, -0.2) is 13.6 Å². The lowest BCUT2D eigenvalue weighted by atomic mass is 9.94. The molecular formula is C20H23N3O3S. The number of rotatable bonds is 3. The number of carbonyl (C=O) groups excluding carboxylic acids is 1. The van der Waals surface area contributed by atoms with Crippen molar-refractivity contribution in [1.29, 1.82) is 0 Å². The van der Waals surface area contributed by atoms with Gasteiger partial charge in [-0.1, -0.05) is 25.1 Å². The molecule has 2 N–H and O–H groups in total. The van der Waals surface area contributed by atoms with Gasteiger partial charge < -0.3 is 9.80 Å². The first-order valence-corrected chi connectivity index (χ1v) is 10.7. The van der Waals surface area contributed by atoms with Gasteiger partial charge in [-0.3, -0.25) is 4.79 Å². The normalized spacial score (nSPS) is 19.0. The smallest absolute Gasteiger partial charge is 0.246 e. The van der Waals surface area contributed by atoms with Crippen molar-refractivity contribution in [2.75, 3.05) is 29.4 Å². The molecule has 7 heteroatoms. The van der Waals surface area contributed by atoms with Crippen molar-refractivity contribution in [1.82, 2.24) is 0 Å². The van der Waals surface area contributed by atoms with E-state index in [-0.39, 0.29) is 10.8 Å². The van der Waals surface area contributed by atoms with Crippen LogP contribution in [0.1, 0.15) is 18.1 Å². The molecule has 142 valence electrons. The summed E-state index contributed by atoms with van der Waals surface area (Å²) >= 11 is 0. The van der Waals surface area contributed by atoms with E-state index < -0.39 is 10.0 Å². The van der Waals surface area contributed by atoms with Crippen LogP contribution in [0.2, 0.25) is 0 Å². The van der Waals surface area contributed by atoms with Crippen molar-refractivity contribution in [3.63, 3.8) is 0 Å². The molecule has 0 saturated heterocycles. The molecule has 2 heterocycles. The molecular weight excluding hydrogens is 362 g/mol.